The zero-order valence-corrected chi connectivity index (χ0v) is 12.5. The highest BCUT2D eigenvalue weighted by Gasteiger charge is 2.40. The second-order valence-electron chi connectivity index (χ2n) is 6.37. The van der Waals surface area contributed by atoms with Gasteiger partial charge in [-0.05, 0) is 51.5 Å². The van der Waals surface area contributed by atoms with Crippen LogP contribution in [0.2, 0.25) is 0 Å². The average Bonchev–Trinajstić information content (AvgIpc) is 2.32. The van der Waals surface area contributed by atoms with Gasteiger partial charge in [-0.25, -0.2) is 0 Å². The Labute approximate surface area is 108 Å². The fourth-order valence-electron chi connectivity index (χ4n) is 3.41. The van der Waals surface area contributed by atoms with E-state index < -0.39 is 0 Å². The van der Waals surface area contributed by atoms with E-state index in [1.165, 1.54) is 32.1 Å². The second-order valence-corrected chi connectivity index (χ2v) is 6.37. The standard InChI is InChI=1S/C15H32N2/c1-6-7-14(4)17(5)15(11-16)9-8-12(2)13(3)10-15/h12-14H,6-11,16H2,1-5H3. The van der Waals surface area contributed by atoms with Crippen molar-refractivity contribution in [1.82, 2.24) is 4.90 Å². The summed E-state index contributed by atoms with van der Waals surface area (Å²) in [7, 11) is 2.29. The van der Waals surface area contributed by atoms with Crippen LogP contribution in [0.1, 0.15) is 59.8 Å². The van der Waals surface area contributed by atoms with Crippen LogP contribution in [0.5, 0.6) is 0 Å². The van der Waals surface area contributed by atoms with Gasteiger partial charge in [0, 0.05) is 18.1 Å². The van der Waals surface area contributed by atoms with Crippen LogP contribution in [0.15, 0.2) is 0 Å². The third kappa shape index (κ3) is 3.23. The fourth-order valence-corrected chi connectivity index (χ4v) is 3.41. The average molecular weight is 240 g/mol. The summed E-state index contributed by atoms with van der Waals surface area (Å²) in [6.07, 6.45) is 6.43. The van der Waals surface area contributed by atoms with Crippen molar-refractivity contribution in [2.45, 2.75) is 71.4 Å². The van der Waals surface area contributed by atoms with E-state index in [1.54, 1.807) is 0 Å². The quantitative estimate of drug-likeness (QED) is 0.799. The Hall–Kier alpha value is -0.0800. The number of nitrogens with two attached hydrogens (primary N) is 1. The van der Waals surface area contributed by atoms with E-state index in [-0.39, 0.29) is 5.54 Å². The minimum atomic E-state index is 0.264. The molecule has 0 aromatic heterocycles. The van der Waals surface area contributed by atoms with Crippen LogP contribution in [-0.2, 0) is 0 Å². The first-order valence-corrected chi connectivity index (χ1v) is 7.40. The maximum Gasteiger partial charge on any atom is 0.0334 e. The van der Waals surface area contributed by atoms with Crippen LogP contribution >= 0.6 is 0 Å². The lowest BCUT2D eigenvalue weighted by Gasteiger charge is -2.50. The molecule has 0 aliphatic heterocycles. The monoisotopic (exact) mass is 240 g/mol. The van der Waals surface area contributed by atoms with E-state index in [0.717, 1.165) is 18.4 Å². The Bertz CT molecular complexity index is 229. The van der Waals surface area contributed by atoms with Gasteiger partial charge in [-0.2, -0.15) is 0 Å². The summed E-state index contributed by atoms with van der Waals surface area (Å²) < 4.78 is 0. The van der Waals surface area contributed by atoms with Crippen LogP contribution < -0.4 is 5.73 Å². The third-order valence-electron chi connectivity index (χ3n) is 5.23. The van der Waals surface area contributed by atoms with Gasteiger partial charge in [0.2, 0.25) is 0 Å². The fraction of sp³-hybridized carbons (Fsp3) is 1.00. The Morgan fingerprint density at radius 2 is 2.00 bits per heavy atom. The molecule has 0 spiro atoms. The summed E-state index contributed by atoms with van der Waals surface area (Å²) in [5, 5.41) is 0. The molecule has 4 unspecified atom stereocenters. The van der Waals surface area contributed by atoms with Gasteiger partial charge in [0.05, 0.1) is 0 Å². The summed E-state index contributed by atoms with van der Waals surface area (Å²) in [5.74, 6) is 1.67. The highest BCUT2D eigenvalue weighted by Crippen LogP contribution is 2.39. The van der Waals surface area contributed by atoms with Gasteiger partial charge in [-0.15, -0.1) is 0 Å². The van der Waals surface area contributed by atoms with Crippen molar-refractivity contribution in [2.24, 2.45) is 17.6 Å². The topological polar surface area (TPSA) is 29.3 Å². The Kier molecular flexibility index (Phi) is 5.46. The smallest absolute Gasteiger partial charge is 0.0334 e. The van der Waals surface area contributed by atoms with Crippen LogP contribution in [-0.4, -0.2) is 30.1 Å². The largest absolute Gasteiger partial charge is 0.329 e. The van der Waals surface area contributed by atoms with E-state index in [0.29, 0.717) is 6.04 Å². The van der Waals surface area contributed by atoms with E-state index in [4.69, 9.17) is 5.73 Å². The van der Waals surface area contributed by atoms with E-state index >= 15 is 0 Å². The van der Waals surface area contributed by atoms with Crippen LogP contribution in [0, 0.1) is 11.8 Å². The third-order valence-corrected chi connectivity index (χ3v) is 5.23. The molecular weight excluding hydrogens is 208 g/mol. The molecular formula is C15H32N2. The lowest BCUT2D eigenvalue weighted by Crippen LogP contribution is -2.58. The normalized spacial score (nSPS) is 36.2. The predicted octanol–water partition coefficient (Wildman–Crippen LogP) is 3.26. The van der Waals surface area contributed by atoms with Crippen molar-refractivity contribution in [2.75, 3.05) is 13.6 Å². The maximum absolute atomic E-state index is 6.14. The van der Waals surface area contributed by atoms with Crippen molar-refractivity contribution in [3.05, 3.63) is 0 Å². The molecule has 0 radical (unpaired) electrons. The molecule has 1 rings (SSSR count). The predicted molar refractivity (Wildman–Crippen MR) is 76.1 cm³/mol. The van der Waals surface area contributed by atoms with Crippen molar-refractivity contribution in [3.8, 4) is 0 Å². The number of hydrogen-bond acceptors (Lipinski definition) is 2. The summed E-state index contributed by atoms with van der Waals surface area (Å²) in [5.41, 5.74) is 6.40. The lowest BCUT2D eigenvalue weighted by atomic mass is 9.70. The minimum Gasteiger partial charge on any atom is -0.329 e. The number of nitrogens with zero attached hydrogens (tertiary/aromatic N) is 1. The Morgan fingerprint density at radius 3 is 2.47 bits per heavy atom. The first-order valence-electron chi connectivity index (χ1n) is 7.40. The molecule has 4 atom stereocenters. The minimum absolute atomic E-state index is 0.264. The van der Waals surface area contributed by atoms with Crippen molar-refractivity contribution < 1.29 is 0 Å². The van der Waals surface area contributed by atoms with Gasteiger partial charge in [0.1, 0.15) is 0 Å². The van der Waals surface area contributed by atoms with Gasteiger partial charge in [-0.1, -0.05) is 27.2 Å². The molecule has 0 aromatic rings. The lowest BCUT2D eigenvalue weighted by molar-refractivity contribution is 0.0131. The highest BCUT2D eigenvalue weighted by molar-refractivity contribution is 4.97. The molecule has 2 heteroatoms. The van der Waals surface area contributed by atoms with E-state index in [9.17, 15) is 0 Å². The zero-order chi connectivity index (χ0) is 13.1. The van der Waals surface area contributed by atoms with Crippen molar-refractivity contribution in [1.29, 1.82) is 0 Å². The molecule has 2 nitrogen and oxygen atoms in total. The molecule has 0 aromatic carbocycles. The summed E-state index contributed by atoms with van der Waals surface area (Å²) >= 11 is 0. The van der Waals surface area contributed by atoms with Gasteiger partial charge < -0.3 is 5.73 Å². The summed E-state index contributed by atoms with van der Waals surface area (Å²) in [4.78, 5) is 2.58. The highest BCUT2D eigenvalue weighted by atomic mass is 15.2. The first-order chi connectivity index (χ1) is 7.96. The SMILES string of the molecule is CCCC(C)N(C)C1(CN)CCC(C)C(C)C1. The van der Waals surface area contributed by atoms with Crippen molar-refractivity contribution in [3.63, 3.8) is 0 Å². The van der Waals surface area contributed by atoms with Crippen LogP contribution in [0.3, 0.4) is 0 Å². The molecule has 0 saturated heterocycles. The number of hydrogen-bond donors (Lipinski definition) is 1. The van der Waals surface area contributed by atoms with Crippen molar-refractivity contribution >= 4 is 0 Å². The maximum atomic E-state index is 6.14. The zero-order valence-electron chi connectivity index (χ0n) is 12.5. The Balaban J connectivity index is 2.74. The number of likely N-dealkylation sites (N-methyl/N-ethyl adjacent to an activating group) is 1. The number of rotatable bonds is 5. The van der Waals surface area contributed by atoms with Gasteiger partial charge in [-0.3, -0.25) is 4.90 Å². The van der Waals surface area contributed by atoms with E-state index in [2.05, 4.69) is 39.6 Å². The summed E-state index contributed by atoms with van der Waals surface area (Å²) in [6, 6.07) is 0.657. The van der Waals surface area contributed by atoms with Crippen LogP contribution in [0.4, 0.5) is 0 Å². The first kappa shape index (κ1) is 15.0. The van der Waals surface area contributed by atoms with Crippen LogP contribution in [0.25, 0.3) is 0 Å². The Morgan fingerprint density at radius 1 is 1.35 bits per heavy atom. The molecule has 0 amide bonds. The molecule has 17 heavy (non-hydrogen) atoms. The molecule has 0 bridgehead atoms. The van der Waals surface area contributed by atoms with Gasteiger partial charge >= 0.3 is 0 Å². The molecule has 1 aliphatic carbocycles. The molecule has 1 saturated carbocycles. The second kappa shape index (κ2) is 6.19. The molecule has 2 N–H and O–H groups in total. The molecule has 1 fully saturated rings. The molecule has 1 aliphatic rings. The van der Waals surface area contributed by atoms with Gasteiger partial charge in [0.15, 0.2) is 0 Å². The van der Waals surface area contributed by atoms with E-state index in [1.807, 2.05) is 0 Å². The molecule has 0 heterocycles. The summed E-state index contributed by atoms with van der Waals surface area (Å²) in [6.45, 7) is 10.2. The molecule has 102 valence electrons. The van der Waals surface area contributed by atoms with Gasteiger partial charge in [0.25, 0.3) is 0 Å².